The number of nitrogens with zero attached hydrogens (tertiary/aromatic N) is 2. The molecule has 1 aromatic rings. The van der Waals surface area contributed by atoms with E-state index in [0.717, 1.165) is 4.90 Å². The monoisotopic (exact) mass is 516 g/mol. The molecule has 0 aliphatic carbocycles. The maximum absolute atomic E-state index is 13.7. The molecule has 0 bridgehead atoms. The van der Waals surface area contributed by atoms with Crippen molar-refractivity contribution in [3.63, 3.8) is 0 Å². The van der Waals surface area contributed by atoms with Crippen LogP contribution in [0.1, 0.15) is 51.5 Å². The molecule has 1 aromatic carbocycles. The highest BCUT2D eigenvalue weighted by atomic mass is 16.6. The topological polar surface area (TPSA) is 186 Å². The minimum Gasteiger partial charge on any atom is -0.444 e. The Morgan fingerprint density at radius 2 is 1.95 bits per heavy atom. The summed E-state index contributed by atoms with van der Waals surface area (Å²) in [7, 11) is 0. The number of amides is 4. The van der Waals surface area contributed by atoms with E-state index >= 15 is 0 Å². The van der Waals surface area contributed by atoms with Crippen molar-refractivity contribution in [2.24, 2.45) is 22.4 Å². The van der Waals surface area contributed by atoms with Gasteiger partial charge in [-0.25, -0.2) is 9.69 Å². The van der Waals surface area contributed by atoms with Crippen LogP contribution >= 0.6 is 0 Å². The summed E-state index contributed by atoms with van der Waals surface area (Å²) in [6.07, 6.45) is 0.597. The van der Waals surface area contributed by atoms with E-state index in [0.29, 0.717) is 24.7 Å². The van der Waals surface area contributed by atoms with E-state index in [1.165, 1.54) is 0 Å². The van der Waals surface area contributed by atoms with E-state index < -0.39 is 36.0 Å². The van der Waals surface area contributed by atoms with Gasteiger partial charge in [-0.3, -0.25) is 19.4 Å². The predicted molar refractivity (Wildman–Crippen MR) is 136 cm³/mol. The molecule has 0 aromatic heterocycles. The molecule has 1 heterocycles. The second kappa shape index (κ2) is 14.6. The lowest BCUT2D eigenvalue weighted by Crippen LogP contribution is -2.57. The summed E-state index contributed by atoms with van der Waals surface area (Å²) in [6.45, 7) is 3.79. The number of hydrogen-bond donors (Lipinski definition) is 4. The summed E-state index contributed by atoms with van der Waals surface area (Å²) in [5, 5.41) is 5.22. The first kappa shape index (κ1) is 29.3. The first-order chi connectivity index (χ1) is 17.6. The van der Waals surface area contributed by atoms with Gasteiger partial charge in [0.2, 0.25) is 11.8 Å². The van der Waals surface area contributed by atoms with E-state index in [9.17, 15) is 24.0 Å². The third-order valence-corrected chi connectivity index (χ3v) is 5.71. The number of rotatable bonds is 13. The van der Waals surface area contributed by atoms with Crippen molar-refractivity contribution in [2.75, 3.05) is 6.54 Å². The van der Waals surface area contributed by atoms with Crippen molar-refractivity contribution in [1.29, 1.82) is 0 Å². The van der Waals surface area contributed by atoms with Gasteiger partial charge in [0.1, 0.15) is 25.0 Å². The number of hydrogen-bond acceptors (Lipinski definition) is 7. The molecule has 0 radical (unpaired) electrons. The van der Waals surface area contributed by atoms with Gasteiger partial charge in [-0.15, -0.1) is 0 Å². The highest BCUT2D eigenvalue weighted by Gasteiger charge is 2.38. The number of aliphatic imine (C=N–C) groups is 1. The fraction of sp³-hybridized carbons (Fsp3) is 0.520. The lowest BCUT2D eigenvalue weighted by atomic mass is 10.0. The second-order valence-electron chi connectivity index (χ2n) is 9.25. The minimum atomic E-state index is -1.16. The van der Waals surface area contributed by atoms with Gasteiger partial charge in [0.25, 0.3) is 5.91 Å². The number of aldehydes is 1. The average Bonchev–Trinajstić information content (AvgIpc) is 3.30. The van der Waals surface area contributed by atoms with Crippen LogP contribution in [-0.4, -0.2) is 65.6 Å². The lowest BCUT2D eigenvalue weighted by molar-refractivity contribution is -0.139. The molecule has 1 aliphatic heterocycles. The van der Waals surface area contributed by atoms with Gasteiger partial charge in [-0.05, 0) is 37.2 Å². The van der Waals surface area contributed by atoms with Gasteiger partial charge in [-0.2, -0.15) is 0 Å². The van der Waals surface area contributed by atoms with E-state index in [1.807, 2.05) is 19.9 Å². The van der Waals surface area contributed by atoms with Crippen LogP contribution in [-0.2, 0) is 30.5 Å². The summed E-state index contributed by atoms with van der Waals surface area (Å²) in [6, 6.07) is 5.83. The van der Waals surface area contributed by atoms with Crippen molar-refractivity contribution in [3.8, 4) is 0 Å². The van der Waals surface area contributed by atoms with Crippen LogP contribution in [0.3, 0.4) is 0 Å². The first-order valence-electron chi connectivity index (χ1n) is 12.3. The number of nitrogens with two attached hydrogens (primary N) is 2. The van der Waals surface area contributed by atoms with Crippen LogP contribution in [0.5, 0.6) is 0 Å². The largest absolute Gasteiger partial charge is 0.444 e. The molecule has 2 rings (SSSR count). The van der Waals surface area contributed by atoms with Crippen molar-refractivity contribution >= 4 is 36.1 Å². The number of ether oxygens (including phenoxy) is 1. The SMILES string of the molecule is CC(C)C[C@H](NC(=O)[C@@H]1CCC(=O)N1)C(=O)N(C(=O)OCc1ccccc1)[C@H](C=O)CCCN=C(N)N. The molecule has 1 fully saturated rings. The molecule has 12 heteroatoms. The van der Waals surface area contributed by atoms with Crippen LogP contribution in [0.2, 0.25) is 0 Å². The number of imide groups is 1. The Morgan fingerprint density at radius 1 is 1.24 bits per heavy atom. The number of carbonyl (C=O) groups excluding carboxylic acids is 5. The van der Waals surface area contributed by atoms with Crippen LogP contribution in [0.15, 0.2) is 35.3 Å². The average molecular weight is 517 g/mol. The Morgan fingerprint density at radius 3 is 2.51 bits per heavy atom. The number of guanidine groups is 1. The van der Waals surface area contributed by atoms with Crippen molar-refractivity contribution < 1.29 is 28.7 Å². The third kappa shape index (κ3) is 9.54. The van der Waals surface area contributed by atoms with Gasteiger partial charge in [0.05, 0.1) is 6.04 Å². The number of benzene rings is 1. The van der Waals surface area contributed by atoms with Crippen molar-refractivity contribution in [2.45, 2.75) is 70.7 Å². The number of nitrogens with one attached hydrogen (secondary N) is 2. The Hall–Kier alpha value is -3.96. The minimum absolute atomic E-state index is 0.0360. The predicted octanol–water partition coefficient (Wildman–Crippen LogP) is 0.582. The summed E-state index contributed by atoms with van der Waals surface area (Å²) in [4.78, 5) is 67.8. The molecule has 0 saturated carbocycles. The Labute approximate surface area is 216 Å². The van der Waals surface area contributed by atoms with Gasteiger partial charge in [0, 0.05) is 13.0 Å². The summed E-state index contributed by atoms with van der Waals surface area (Å²) in [5.41, 5.74) is 11.4. The lowest BCUT2D eigenvalue weighted by Gasteiger charge is -2.31. The zero-order chi connectivity index (χ0) is 27.4. The molecule has 3 atom stereocenters. The smallest absolute Gasteiger partial charge is 0.417 e. The Bertz CT molecular complexity index is 979. The van der Waals surface area contributed by atoms with Gasteiger partial charge in [-0.1, -0.05) is 44.2 Å². The van der Waals surface area contributed by atoms with Gasteiger partial charge in [0.15, 0.2) is 5.96 Å². The van der Waals surface area contributed by atoms with E-state index in [2.05, 4.69) is 15.6 Å². The van der Waals surface area contributed by atoms with Gasteiger partial charge < -0.3 is 31.6 Å². The standard InChI is InChI=1S/C25H36N6O6/c1-16(2)13-20(30-22(34)19-10-11-21(33)29-19)23(35)31(18(14-32)9-6-12-28-24(26)27)25(36)37-15-17-7-4-3-5-8-17/h3-5,7-8,14,16,18-20H,6,9-13,15H2,1-2H3,(H,29,33)(H,30,34)(H4,26,27,28)/t18-,19-,20-/m0/s1. The van der Waals surface area contributed by atoms with Crippen molar-refractivity contribution in [3.05, 3.63) is 35.9 Å². The van der Waals surface area contributed by atoms with E-state index in [1.54, 1.807) is 24.3 Å². The van der Waals surface area contributed by atoms with Crippen LogP contribution in [0.4, 0.5) is 4.79 Å². The molecule has 202 valence electrons. The molecular weight excluding hydrogens is 480 g/mol. The highest BCUT2D eigenvalue weighted by molar-refractivity contribution is 6.00. The molecule has 4 amide bonds. The van der Waals surface area contributed by atoms with Gasteiger partial charge >= 0.3 is 6.09 Å². The van der Waals surface area contributed by atoms with E-state index in [-0.39, 0.29) is 50.2 Å². The quantitative estimate of drug-likeness (QED) is 0.127. The highest BCUT2D eigenvalue weighted by Crippen LogP contribution is 2.16. The molecule has 12 nitrogen and oxygen atoms in total. The zero-order valence-corrected chi connectivity index (χ0v) is 21.2. The molecule has 1 saturated heterocycles. The summed E-state index contributed by atoms with van der Waals surface area (Å²) < 4.78 is 5.38. The normalized spacial score (nSPS) is 16.3. The second-order valence-corrected chi connectivity index (χ2v) is 9.25. The molecule has 6 N–H and O–H groups in total. The molecule has 0 unspecified atom stereocenters. The first-order valence-corrected chi connectivity index (χ1v) is 12.3. The van der Waals surface area contributed by atoms with Crippen LogP contribution in [0, 0.1) is 5.92 Å². The van der Waals surface area contributed by atoms with E-state index in [4.69, 9.17) is 16.2 Å². The Balaban J connectivity index is 2.26. The fourth-order valence-corrected chi connectivity index (χ4v) is 3.89. The maximum atomic E-state index is 13.7. The number of carbonyl (C=O) groups is 5. The molecule has 0 spiro atoms. The zero-order valence-electron chi connectivity index (χ0n) is 21.2. The van der Waals surface area contributed by atoms with Crippen molar-refractivity contribution in [1.82, 2.24) is 15.5 Å². The molecule has 1 aliphatic rings. The summed E-state index contributed by atoms with van der Waals surface area (Å²) in [5.74, 6) is -1.70. The summed E-state index contributed by atoms with van der Waals surface area (Å²) >= 11 is 0. The Kier molecular flexibility index (Phi) is 11.5. The van der Waals surface area contributed by atoms with Crippen LogP contribution < -0.4 is 22.1 Å². The molecular formula is C25H36N6O6. The molecule has 37 heavy (non-hydrogen) atoms. The third-order valence-electron chi connectivity index (χ3n) is 5.71. The fourth-order valence-electron chi connectivity index (χ4n) is 3.89. The van der Waals surface area contributed by atoms with Crippen LogP contribution in [0.25, 0.3) is 0 Å². The maximum Gasteiger partial charge on any atom is 0.417 e.